The number of aryl methyl sites for hydroxylation is 1. The molecule has 1 fully saturated rings. The summed E-state index contributed by atoms with van der Waals surface area (Å²) in [7, 11) is 0. The van der Waals surface area contributed by atoms with Gasteiger partial charge in [0.1, 0.15) is 5.82 Å². The second-order valence-electron chi connectivity index (χ2n) is 9.01. The number of nitrogens with zero attached hydrogens (tertiary/aromatic N) is 2. The number of carbonyl (C=O) groups is 1. The molecule has 4 rings (SSSR count). The van der Waals surface area contributed by atoms with Gasteiger partial charge in [0.25, 0.3) is 5.91 Å². The molecule has 1 N–H and O–H groups in total. The number of amidine groups is 1. The number of rotatable bonds is 3. The lowest BCUT2D eigenvalue weighted by Gasteiger charge is -2.47. The van der Waals surface area contributed by atoms with Crippen LogP contribution in [-0.2, 0) is 4.79 Å². The number of fused-ring (bicyclic) bond motifs is 1. The lowest BCUT2D eigenvalue weighted by molar-refractivity contribution is -0.115. The van der Waals surface area contributed by atoms with Crippen molar-refractivity contribution in [3.05, 3.63) is 62.8 Å². The van der Waals surface area contributed by atoms with Gasteiger partial charge < -0.3 is 10.2 Å². The average molecular weight is 472 g/mol. The number of anilines is 1. The molecule has 1 amide bonds. The number of amides is 1. The Morgan fingerprint density at radius 1 is 1.34 bits per heavy atom. The van der Waals surface area contributed by atoms with Crippen molar-refractivity contribution in [1.82, 2.24) is 5.32 Å². The van der Waals surface area contributed by atoms with Crippen LogP contribution in [-0.4, -0.2) is 23.2 Å². The Kier molecular flexibility index (Phi) is 6.12. The summed E-state index contributed by atoms with van der Waals surface area (Å²) >= 11 is 7.28. The standard InChI is InChI=1S/C25H27ClFN3OS/c1-6-30-21-12-19(27)16(9-18(21)15(3)13-25(30,4)5)10-22-23(31)29-24(32-22)28-20-11-17(26)8-7-14(20)2/h7-12,15H,6,13H2,1-5H3,(H,28,29,31)/b22-10+. The number of carbonyl (C=O) groups excluding carboxylic acids is 1. The summed E-state index contributed by atoms with van der Waals surface area (Å²) in [6, 6.07) is 8.94. The predicted octanol–water partition coefficient (Wildman–Crippen LogP) is 6.79. The van der Waals surface area contributed by atoms with Crippen LogP contribution < -0.4 is 10.2 Å². The molecule has 168 valence electrons. The van der Waals surface area contributed by atoms with Crippen LogP contribution in [0.15, 0.2) is 40.2 Å². The first-order chi connectivity index (χ1) is 15.1. The highest BCUT2D eigenvalue weighted by Gasteiger charge is 2.36. The number of thioether (sulfide) groups is 1. The zero-order chi connectivity index (χ0) is 23.2. The minimum absolute atomic E-state index is 0.0292. The fraction of sp³-hybridized carbons (Fsp3) is 0.360. The van der Waals surface area contributed by atoms with E-state index >= 15 is 4.39 Å². The van der Waals surface area contributed by atoms with E-state index in [4.69, 9.17) is 11.6 Å². The fourth-order valence-corrected chi connectivity index (χ4v) is 5.66. The molecule has 32 heavy (non-hydrogen) atoms. The normalized spacial score (nSPS) is 22.4. The van der Waals surface area contributed by atoms with Crippen LogP contribution in [0.1, 0.15) is 56.7 Å². The molecule has 2 aromatic carbocycles. The highest BCUT2D eigenvalue weighted by molar-refractivity contribution is 8.18. The van der Waals surface area contributed by atoms with Gasteiger partial charge in [0.2, 0.25) is 0 Å². The van der Waals surface area contributed by atoms with Crippen LogP contribution in [0.5, 0.6) is 0 Å². The lowest BCUT2D eigenvalue weighted by atomic mass is 9.79. The lowest BCUT2D eigenvalue weighted by Crippen LogP contribution is -2.48. The van der Waals surface area contributed by atoms with Crippen molar-refractivity contribution in [2.75, 3.05) is 11.4 Å². The van der Waals surface area contributed by atoms with Gasteiger partial charge in [0, 0.05) is 28.4 Å². The van der Waals surface area contributed by atoms with Crippen molar-refractivity contribution in [3.8, 4) is 0 Å². The minimum atomic E-state index is -0.330. The van der Waals surface area contributed by atoms with Gasteiger partial charge in [0.05, 0.1) is 10.6 Å². The van der Waals surface area contributed by atoms with Gasteiger partial charge in [-0.05, 0) is 93.3 Å². The molecule has 0 aliphatic carbocycles. The largest absolute Gasteiger partial charge is 0.366 e. The second-order valence-corrected chi connectivity index (χ2v) is 10.5. The molecule has 2 aromatic rings. The van der Waals surface area contributed by atoms with Crippen molar-refractivity contribution in [2.45, 2.75) is 52.5 Å². The first kappa shape index (κ1) is 22.9. The van der Waals surface area contributed by atoms with Gasteiger partial charge in [-0.15, -0.1) is 0 Å². The van der Waals surface area contributed by atoms with E-state index in [1.54, 1.807) is 24.3 Å². The Hall–Kier alpha value is -2.31. The Morgan fingerprint density at radius 3 is 2.81 bits per heavy atom. The van der Waals surface area contributed by atoms with Gasteiger partial charge in [-0.2, -0.15) is 0 Å². The van der Waals surface area contributed by atoms with E-state index in [0.29, 0.717) is 32.3 Å². The van der Waals surface area contributed by atoms with E-state index < -0.39 is 0 Å². The van der Waals surface area contributed by atoms with Crippen molar-refractivity contribution >= 4 is 51.9 Å². The Labute approximate surface area is 197 Å². The number of aliphatic imine (C=N–C) groups is 1. The summed E-state index contributed by atoms with van der Waals surface area (Å²) in [5, 5.41) is 3.80. The molecule has 0 radical (unpaired) electrons. The molecule has 7 heteroatoms. The maximum absolute atomic E-state index is 15.1. The summed E-state index contributed by atoms with van der Waals surface area (Å²) in [5.74, 6) is -0.312. The van der Waals surface area contributed by atoms with E-state index in [0.717, 1.165) is 29.8 Å². The topological polar surface area (TPSA) is 44.7 Å². The fourth-order valence-electron chi connectivity index (χ4n) is 4.66. The molecule has 0 saturated carbocycles. The maximum atomic E-state index is 15.1. The Morgan fingerprint density at radius 2 is 2.09 bits per heavy atom. The number of hydrogen-bond donors (Lipinski definition) is 1. The molecule has 0 aromatic heterocycles. The van der Waals surface area contributed by atoms with Gasteiger partial charge in [-0.3, -0.25) is 4.79 Å². The number of hydrogen-bond acceptors (Lipinski definition) is 4. The summed E-state index contributed by atoms with van der Waals surface area (Å²) in [6.45, 7) is 11.4. The smallest absolute Gasteiger partial charge is 0.264 e. The monoisotopic (exact) mass is 471 g/mol. The number of halogens is 2. The van der Waals surface area contributed by atoms with Crippen molar-refractivity contribution in [2.24, 2.45) is 4.99 Å². The molecule has 2 aliphatic rings. The van der Waals surface area contributed by atoms with Crippen LogP contribution >= 0.6 is 23.4 Å². The SMILES string of the molecule is CCN1c2cc(F)c(/C=C3/SC(=Nc4cc(Cl)ccc4C)NC3=O)cc2C(C)CC1(C)C. The van der Waals surface area contributed by atoms with E-state index in [2.05, 4.69) is 42.9 Å². The van der Waals surface area contributed by atoms with E-state index in [1.165, 1.54) is 11.8 Å². The molecule has 0 spiro atoms. The zero-order valence-corrected chi connectivity index (χ0v) is 20.5. The zero-order valence-electron chi connectivity index (χ0n) is 18.9. The van der Waals surface area contributed by atoms with E-state index in [1.807, 2.05) is 19.1 Å². The molecule has 2 heterocycles. The highest BCUT2D eigenvalue weighted by atomic mass is 35.5. The molecule has 4 nitrogen and oxygen atoms in total. The molecular formula is C25H27ClFN3OS. The van der Waals surface area contributed by atoms with E-state index in [9.17, 15) is 4.79 Å². The average Bonchev–Trinajstić information content (AvgIpc) is 3.04. The quantitative estimate of drug-likeness (QED) is 0.501. The summed E-state index contributed by atoms with van der Waals surface area (Å²) < 4.78 is 15.1. The molecule has 2 aliphatic heterocycles. The molecule has 0 bridgehead atoms. The van der Waals surface area contributed by atoms with Gasteiger partial charge >= 0.3 is 0 Å². The summed E-state index contributed by atoms with van der Waals surface area (Å²) in [6.07, 6.45) is 2.60. The minimum Gasteiger partial charge on any atom is -0.366 e. The van der Waals surface area contributed by atoms with E-state index in [-0.39, 0.29) is 17.3 Å². The molecule has 1 unspecified atom stereocenters. The number of benzene rings is 2. The summed E-state index contributed by atoms with van der Waals surface area (Å²) in [5.41, 5.74) is 4.09. The highest BCUT2D eigenvalue weighted by Crippen LogP contribution is 2.44. The van der Waals surface area contributed by atoms with Crippen molar-refractivity contribution in [3.63, 3.8) is 0 Å². The van der Waals surface area contributed by atoms with Crippen LogP contribution in [0.2, 0.25) is 5.02 Å². The van der Waals surface area contributed by atoms with Gasteiger partial charge in [-0.25, -0.2) is 9.38 Å². The van der Waals surface area contributed by atoms with Crippen LogP contribution in [0, 0.1) is 12.7 Å². The predicted molar refractivity (Wildman–Crippen MR) is 134 cm³/mol. The maximum Gasteiger partial charge on any atom is 0.264 e. The van der Waals surface area contributed by atoms with Gasteiger partial charge in [-0.1, -0.05) is 24.6 Å². The van der Waals surface area contributed by atoms with Crippen LogP contribution in [0.4, 0.5) is 15.8 Å². The van der Waals surface area contributed by atoms with Gasteiger partial charge in [0.15, 0.2) is 5.17 Å². The van der Waals surface area contributed by atoms with Crippen molar-refractivity contribution in [1.29, 1.82) is 0 Å². The Balaban J connectivity index is 1.67. The van der Waals surface area contributed by atoms with Crippen molar-refractivity contribution < 1.29 is 9.18 Å². The second kappa shape index (κ2) is 8.56. The van der Waals surface area contributed by atoms with Crippen LogP contribution in [0.3, 0.4) is 0 Å². The van der Waals surface area contributed by atoms with Crippen LogP contribution in [0.25, 0.3) is 6.08 Å². The molecular weight excluding hydrogens is 445 g/mol. The first-order valence-electron chi connectivity index (χ1n) is 10.8. The Bertz CT molecular complexity index is 1160. The third-order valence-electron chi connectivity index (χ3n) is 6.15. The summed E-state index contributed by atoms with van der Waals surface area (Å²) in [4.78, 5) is 19.7. The third kappa shape index (κ3) is 4.30. The molecule has 1 atom stereocenters. The third-order valence-corrected chi connectivity index (χ3v) is 7.30. The molecule has 1 saturated heterocycles. The number of nitrogens with one attached hydrogen (secondary N) is 1. The first-order valence-corrected chi connectivity index (χ1v) is 12.0.